The molecule has 4 aromatic rings. The third-order valence-corrected chi connectivity index (χ3v) is 7.99. The second kappa shape index (κ2) is 17.1. The molecule has 0 aliphatic carbocycles. The molecule has 13 heteroatoms. The molecule has 270 valence electrons. The van der Waals surface area contributed by atoms with Gasteiger partial charge in [-0.1, -0.05) is 30.3 Å². The molecule has 0 radical (unpaired) electrons. The molecule has 3 aromatic heterocycles. The molecule has 13 nitrogen and oxygen atoms in total. The number of unbranched alkanes of at least 4 members (excludes halogenated alkanes) is 2. The molecule has 0 saturated carbocycles. The van der Waals surface area contributed by atoms with E-state index >= 15 is 0 Å². The number of nitrogens with zero attached hydrogens (tertiary/aromatic N) is 2. The molecule has 0 spiro atoms. The van der Waals surface area contributed by atoms with Gasteiger partial charge in [-0.15, -0.1) is 0 Å². The van der Waals surface area contributed by atoms with Crippen molar-refractivity contribution in [3.8, 4) is 11.1 Å². The zero-order valence-electron chi connectivity index (χ0n) is 27.9. The Balaban J connectivity index is 0.000000214. The second-order valence-corrected chi connectivity index (χ2v) is 12.5. The summed E-state index contributed by atoms with van der Waals surface area (Å²) in [5.74, 6) is -5.43. The summed E-state index contributed by atoms with van der Waals surface area (Å²) in [5, 5.41) is 70.7. The Labute approximate surface area is 294 Å². The molecule has 1 aromatic carbocycles. The summed E-state index contributed by atoms with van der Waals surface area (Å²) in [6.45, 7) is 0. The lowest BCUT2D eigenvalue weighted by molar-refractivity contribution is -0.316. The lowest BCUT2D eigenvalue weighted by Crippen LogP contribution is -2.27. The summed E-state index contributed by atoms with van der Waals surface area (Å²) < 4.78 is 4.85. The van der Waals surface area contributed by atoms with Gasteiger partial charge in [0.2, 0.25) is 0 Å². The van der Waals surface area contributed by atoms with Crippen LogP contribution < -0.4 is 0 Å². The summed E-state index contributed by atoms with van der Waals surface area (Å²) >= 11 is 0. The van der Waals surface area contributed by atoms with E-state index in [1.807, 2.05) is 36.4 Å². The highest BCUT2D eigenvalue weighted by atomic mass is 16.7. The lowest BCUT2D eigenvalue weighted by Gasteiger charge is -2.18. The molecule has 0 amide bonds. The van der Waals surface area contributed by atoms with Crippen LogP contribution in [0.4, 0.5) is 0 Å². The van der Waals surface area contributed by atoms with Crippen molar-refractivity contribution in [2.24, 2.45) is 0 Å². The maximum atomic E-state index is 9.45. The van der Waals surface area contributed by atoms with Crippen LogP contribution in [0, 0.1) is 0 Å². The van der Waals surface area contributed by atoms with Crippen molar-refractivity contribution in [1.29, 1.82) is 0 Å². The van der Waals surface area contributed by atoms with E-state index in [9.17, 15) is 10.2 Å². The molecule has 6 rings (SSSR count). The molecular formula is C38H44N4O9. The van der Waals surface area contributed by atoms with E-state index in [0.717, 1.165) is 50.4 Å². The van der Waals surface area contributed by atoms with Crippen LogP contribution in [-0.4, -0.2) is 85.3 Å². The van der Waals surface area contributed by atoms with E-state index < -0.39 is 24.5 Å². The Morgan fingerprint density at radius 3 is 1.51 bits per heavy atom. The Bertz CT molecular complexity index is 1930. The summed E-state index contributed by atoms with van der Waals surface area (Å²) in [7, 11) is 0. The first-order chi connectivity index (χ1) is 24.3. The highest BCUT2D eigenvalue weighted by molar-refractivity contribution is 5.87. The second-order valence-electron chi connectivity index (χ2n) is 12.5. The lowest BCUT2D eigenvalue weighted by atomic mass is 10.1. The van der Waals surface area contributed by atoms with Gasteiger partial charge < -0.3 is 55.6 Å². The Kier molecular flexibility index (Phi) is 12.7. The van der Waals surface area contributed by atoms with Crippen LogP contribution in [0.25, 0.3) is 57.5 Å². The summed E-state index contributed by atoms with van der Waals surface area (Å²) in [5.41, 5.74) is 10.1. The monoisotopic (exact) mass is 700 g/mol. The number of aromatic amines is 2. The Morgan fingerprint density at radius 2 is 1.02 bits per heavy atom. The van der Waals surface area contributed by atoms with Gasteiger partial charge in [0.25, 0.3) is 11.9 Å². The number of H-pyrrole nitrogens is 2. The first-order valence-corrected chi connectivity index (χ1v) is 16.8. The largest absolute Gasteiger partial charge is 0.368 e. The zero-order valence-corrected chi connectivity index (χ0v) is 27.9. The number of hydrogen-bond donors (Lipinski definition) is 10. The average molecular weight is 701 g/mol. The highest BCUT2D eigenvalue weighted by Crippen LogP contribution is 2.27. The van der Waals surface area contributed by atoms with Crippen molar-refractivity contribution >= 4 is 46.4 Å². The number of fused-ring (bicyclic) bond motifs is 8. The van der Waals surface area contributed by atoms with E-state index in [1.54, 1.807) is 0 Å². The van der Waals surface area contributed by atoms with Crippen molar-refractivity contribution in [3.63, 3.8) is 0 Å². The van der Waals surface area contributed by atoms with Gasteiger partial charge in [-0.25, -0.2) is 9.97 Å². The smallest absolute Gasteiger partial charge is 0.275 e. The van der Waals surface area contributed by atoms with Crippen LogP contribution in [0.15, 0.2) is 72.8 Å². The fourth-order valence-electron chi connectivity index (χ4n) is 5.55. The molecule has 8 bridgehead atoms. The predicted molar refractivity (Wildman–Crippen MR) is 193 cm³/mol. The quantitative estimate of drug-likeness (QED) is 0.0602. The summed E-state index contributed by atoms with van der Waals surface area (Å²) in [6, 6.07) is 25.0. The molecule has 0 saturated heterocycles. The molecule has 10 N–H and O–H groups in total. The molecule has 2 aliphatic heterocycles. The Morgan fingerprint density at radius 1 is 0.549 bits per heavy atom. The topological polar surface area (TPSA) is 228 Å². The van der Waals surface area contributed by atoms with E-state index in [4.69, 9.17) is 45.3 Å². The van der Waals surface area contributed by atoms with Crippen molar-refractivity contribution in [3.05, 3.63) is 95.6 Å². The normalized spacial score (nSPS) is 13.9. The van der Waals surface area contributed by atoms with Gasteiger partial charge >= 0.3 is 0 Å². The standard InChI is InChI=1S/C26H18N4.C12H26O9/c1-2-4-17(5-3-1)25-15-24-14-22-9-8-20(28-22)12-18-6-7-19(27-18)13-21-10-11-23(29-21)16-26(25)30-24;13-9(5-1-3-7-11(15,16)17)21-10(14)6-2-4-8-12(18,19)20/h1-16,27,30H;9-10,13-20H,1-8H2. The van der Waals surface area contributed by atoms with Gasteiger partial charge in [0.15, 0.2) is 12.6 Å². The third-order valence-electron chi connectivity index (χ3n) is 7.99. The van der Waals surface area contributed by atoms with Crippen molar-refractivity contribution in [2.45, 2.75) is 75.9 Å². The minimum absolute atomic E-state index is 0.153. The first kappa shape index (κ1) is 37.7. The van der Waals surface area contributed by atoms with Gasteiger partial charge in [0, 0.05) is 40.5 Å². The van der Waals surface area contributed by atoms with Crippen LogP contribution >= 0.6 is 0 Å². The average Bonchev–Trinajstić information content (AvgIpc) is 3.87. The van der Waals surface area contributed by atoms with E-state index in [2.05, 4.69) is 70.6 Å². The van der Waals surface area contributed by atoms with E-state index in [1.165, 1.54) is 5.56 Å². The van der Waals surface area contributed by atoms with E-state index in [-0.39, 0.29) is 38.5 Å². The van der Waals surface area contributed by atoms with Crippen LogP contribution in [-0.2, 0) is 4.74 Å². The summed E-state index contributed by atoms with van der Waals surface area (Å²) in [4.78, 5) is 16.5. The number of aromatic nitrogens is 4. The third kappa shape index (κ3) is 12.6. The molecule has 2 atom stereocenters. The molecule has 51 heavy (non-hydrogen) atoms. The maximum Gasteiger partial charge on any atom is 0.275 e. The van der Waals surface area contributed by atoms with Crippen LogP contribution in [0.3, 0.4) is 0 Å². The number of aliphatic hydroxyl groups excluding tert-OH is 2. The van der Waals surface area contributed by atoms with Crippen molar-refractivity contribution < 1.29 is 45.6 Å². The maximum absolute atomic E-state index is 9.45. The van der Waals surface area contributed by atoms with E-state index in [0.29, 0.717) is 12.8 Å². The molecule has 2 unspecified atom stereocenters. The number of nitrogens with one attached hydrogen (secondary N) is 2. The van der Waals surface area contributed by atoms with Gasteiger partial charge in [-0.3, -0.25) is 0 Å². The number of benzene rings is 1. The predicted octanol–water partition coefficient (Wildman–Crippen LogP) is 4.34. The number of hydrogen-bond acceptors (Lipinski definition) is 11. The highest BCUT2D eigenvalue weighted by Gasteiger charge is 2.19. The first-order valence-electron chi connectivity index (χ1n) is 16.8. The van der Waals surface area contributed by atoms with Crippen molar-refractivity contribution in [2.75, 3.05) is 0 Å². The minimum atomic E-state index is -2.72. The van der Waals surface area contributed by atoms with Gasteiger partial charge in [0.05, 0.1) is 22.8 Å². The van der Waals surface area contributed by atoms with Gasteiger partial charge in [-0.2, -0.15) is 0 Å². The summed E-state index contributed by atoms with van der Waals surface area (Å²) in [6.07, 6.45) is 6.73. The molecule has 2 aliphatic rings. The van der Waals surface area contributed by atoms with Crippen LogP contribution in [0.5, 0.6) is 0 Å². The number of aliphatic hydroxyl groups is 8. The fraction of sp³-hybridized carbons (Fsp3) is 0.316. The van der Waals surface area contributed by atoms with Crippen molar-refractivity contribution in [1.82, 2.24) is 19.9 Å². The van der Waals surface area contributed by atoms with Crippen LogP contribution in [0.1, 0.15) is 74.1 Å². The Hall–Kier alpha value is -4.54. The fourth-order valence-corrected chi connectivity index (χ4v) is 5.55. The number of ether oxygens (including phenoxy) is 1. The SMILES string of the molecule is C1=Cc2cc3cc(-c4ccccc4)c(cc4nc(cc5ccc(cc1n2)[nH]5)C=C4)[nH]3.OC(CCCCC(O)(O)O)OC(O)CCCCC(O)(O)O. The number of rotatable bonds is 13. The van der Waals surface area contributed by atoms with Gasteiger partial charge in [0.1, 0.15) is 0 Å². The molecular weight excluding hydrogens is 656 g/mol. The minimum Gasteiger partial charge on any atom is -0.368 e. The van der Waals surface area contributed by atoms with Crippen LogP contribution in [0.2, 0.25) is 0 Å². The van der Waals surface area contributed by atoms with Gasteiger partial charge in [-0.05, 0) is 111 Å². The molecule has 0 fully saturated rings. The zero-order chi connectivity index (χ0) is 36.4. The molecule has 5 heterocycles.